The highest BCUT2D eigenvalue weighted by molar-refractivity contribution is 5.99. The van der Waals surface area contributed by atoms with E-state index < -0.39 is 18.3 Å². The van der Waals surface area contributed by atoms with Gasteiger partial charge in [-0.05, 0) is 37.0 Å². The zero-order valence-corrected chi connectivity index (χ0v) is 16.1. The molecule has 6 nitrogen and oxygen atoms in total. The molecule has 0 aliphatic carbocycles. The molecule has 2 aliphatic rings. The highest BCUT2D eigenvalue weighted by Gasteiger charge is 2.47. The lowest BCUT2D eigenvalue weighted by molar-refractivity contribution is -0.173. The molecule has 1 aromatic carbocycles. The van der Waals surface area contributed by atoms with Gasteiger partial charge in [0.05, 0.1) is 19.3 Å². The van der Waals surface area contributed by atoms with E-state index in [-0.39, 0.29) is 23.7 Å². The van der Waals surface area contributed by atoms with Crippen molar-refractivity contribution in [3.63, 3.8) is 0 Å². The van der Waals surface area contributed by atoms with Gasteiger partial charge in [0, 0.05) is 19.5 Å². The van der Waals surface area contributed by atoms with Gasteiger partial charge in [0.15, 0.2) is 6.04 Å². The van der Waals surface area contributed by atoms with Gasteiger partial charge in [-0.25, -0.2) is 4.68 Å². The summed E-state index contributed by atoms with van der Waals surface area (Å²) in [5, 5.41) is 7.08. The van der Waals surface area contributed by atoms with Crippen molar-refractivity contribution in [2.24, 2.45) is 0 Å². The molecule has 2 atom stereocenters. The third-order valence-electron chi connectivity index (χ3n) is 5.61. The maximum absolute atomic E-state index is 13.8. The molecule has 2 aromatic rings. The fourth-order valence-corrected chi connectivity index (χ4v) is 4.06. The van der Waals surface area contributed by atoms with Crippen LogP contribution >= 0.6 is 0 Å². The van der Waals surface area contributed by atoms with Crippen molar-refractivity contribution >= 4 is 11.7 Å². The van der Waals surface area contributed by atoms with Crippen molar-refractivity contribution in [1.82, 2.24) is 14.7 Å². The van der Waals surface area contributed by atoms with Crippen LogP contribution in [0.3, 0.4) is 0 Å². The monoisotopic (exact) mass is 408 g/mol. The molecule has 0 radical (unpaired) electrons. The van der Waals surface area contributed by atoms with Gasteiger partial charge in [0.25, 0.3) is 5.91 Å². The van der Waals surface area contributed by atoms with Crippen LogP contribution in [0.25, 0.3) is 0 Å². The number of benzene rings is 1. The summed E-state index contributed by atoms with van der Waals surface area (Å²) < 4.78 is 47.6. The van der Waals surface area contributed by atoms with E-state index in [9.17, 15) is 18.0 Å². The van der Waals surface area contributed by atoms with Crippen molar-refractivity contribution < 1.29 is 22.7 Å². The number of anilines is 1. The van der Waals surface area contributed by atoms with E-state index in [2.05, 4.69) is 10.4 Å². The highest BCUT2D eigenvalue weighted by Crippen LogP contribution is 2.44. The summed E-state index contributed by atoms with van der Waals surface area (Å²) in [6.45, 7) is 1.23. The number of methoxy groups -OCH3 is 1. The molecule has 1 N–H and O–H groups in total. The zero-order valence-electron chi connectivity index (χ0n) is 16.1. The summed E-state index contributed by atoms with van der Waals surface area (Å²) in [7, 11) is 1.51. The number of aromatic nitrogens is 2. The van der Waals surface area contributed by atoms with E-state index in [1.165, 1.54) is 13.3 Å². The van der Waals surface area contributed by atoms with Crippen LogP contribution in [-0.2, 0) is 0 Å². The summed E-state index contributed by atoms with van der Waals surface area (Å²) in [6, 6.07) is 4.52. The summed E-state index contributed by atoms with van der Waals surface area (Å²) in [4.78, 5) is 14.7. The number of carbonyl (C=O) groups is 1. The Balaban J connectivity index is 1.71. The zero-order chi connectivity index (χ0) is 20.6. The quantitative estimate of drug-likeness (QED) is 0.828. The normalized spacial score (nSPS) is 22.0. The number of likely N-dealkylation sites (tertiary alicyclic amines) is 1. The van der Waals surface area contributed by atoms with E-state index in [1.54, 1.807) is 29.2 Å². The first-order valence-electron chi connectivity index (χ1n) is 9.72. The van der Waals surface area contributed by atoms with Crippen LogP contribution in [0.5, 0.6) is 5.75 Å². The molecule has 4 rings (SSSR count). The first kappa shape index (κ1) is 19.6. The molecule has 1 fully saturated rings. The second kappa shape index (κ2) is 7.61. The number of nitrogens with zero attached hydrogens (tertiary/aromatic N) is 3. The van der Waals surface area contributed by atoms with Crippen LogP contribution in [0.2, 0.25) is 0 Å². The predicted molar refractivity (Wildman–Crippen MR) is 101 cm³/mol. The highest BCUT2D eigenvalue weighted by atomic mass is 19.4. The number of piperidine rings is 1. The standard InChI is InChI=1S/C20H23F3N4O2/c1-29-14-7-5-6-13(10-14)16-11-17(20(21,22)23)27-18(25-16)15(12-24-27)19(28)26-8-3-2-4-9-26/h5-7,10,12,16-17,25H,2-4,8-9,11H2,1H3/t16-,17+/m0/s1. The smallest absolute Gasteiger partial charge is 0.410 e. The lowest BCUT2D eigenvalue weighted by Crippen LogP contribution is -2.38. The van der Waals surface area contributed by atoms with Crippen LogP contribution < -0.4 is 10.1 Å². The summed E-state index contributed by atoms with van der Waals surface area (Å²) in [6.07, 6.45) is -0.581. The van der Waals surface area contributed by atoms with Gasteiger partial charge in [0.2, 0.25) is 0 Å². The van der Waals surface area contributed by atoms with Crippen molar-refractivity contribution in [2.75, 3.05) is 25.5 Å². The number of ether oxygens (including phenoxy) is 1. The summed E-state index contributed by atoms with van der Waals surface area (Å²) in [5.74, 6) is 0.421. The Morgan fingerprint density at radius 1 is 1.24 bits per heavy atom. The molecule has 2 aliphatic heterocycles. The number of halogens is 3. The van der Waals surface area contributed by atoms with Crippen LogP contribution in [0.1, 0.15) is 53.7 Å². The second-order valence-electron chi connectivity index (χ2n) is 7.47. The van der Waals surface area contributed by atoms with Crippen molar-refractivity contribution in [1.29, 1.82) is 0 Å². The van der Waals surface area contributed by atoms with E-state index in [1.807, 2.05) is 0 Å². The van der Waals surface area contributed by atoms with Gasteiger partial charge in [-0.3, -0.25) is 4.79 Å². The van der Waals surface area contributed by atoms with Crippen LogP contribution in [0, 0.1) is 0 Å². The van der Waals surface area contributed by atoms with Crippen molar-refractivity contribution in [3.8, 4) is 5.75 Å². The Kier molecular flexibility index (Phi) is 5.14. The lowest BCUT2D eigenvalue weighted by Gasteiger charge is -2.34. The third kappa shape index (κ3) is 3.77. The molecule has 1 aromatic heterocycles. The van der Waals surface area contributed by atoms with Crippen molar-refractivity contribution in [2.45, 2.75) is 43.9 Å². The summed E-state index contributed by atoms with van der Waals surface area (Å²) >= 11 is 0. The Hall–Kier alpha value is -2.71. The SMILES string of the molecule is COc1cccc([C@@H]2C[C@H](C(F)(F)F)n3ncc(C(=O)N4CCCCC4)c3N2)c1. The Labute approximate surface area is 166 Å². The molecule has 0 unspecified atom stereocenters. The maximum Gasteiger partial charge on any atom is 0.410 e. The Morgan fingerprint density at radius 2 is 2.00 bits per heavy atom. The molecule has 1 saturated heterocycles. The van der Waals surface area contributed by atoms with Gasteiger partial charge in [0.1, 0.15) is 17.1 Å². The molecule has 3 heterocycles. The Bertz CT molecular complexity index is 890. The molecular weight excluding hydrogens is 385 g/mol. The first-order valence-corrected chi connectivity index (χ1v) is 9.72. The van der Waals surface area contributed by atoms with E-state index in [0.717, 1.165) is 23.9 Å². The topological polar surface area (TPSA) is 59.4 Å². The van der Waals surface area contributed by atoms with Gasteiger partial charge < -0.3 is 15.0 Å². The van der Waals surface area contributed by atoms with E-state index >= 15 is 0 Å². The minimum absolute atomic E-state index is 0.127. The fourth-order valence-electron chi connectivity index (χ4n) is 4.06. The maximum atomic E-state index is 13.8. The van der Waals surface area contributed by atoms with Crippen molar-refractivity contribution in [3.05, 3.63) is 41.6 Å². The number of carbonyl (C=O) groups excluding carboxylic acids is 1. The van der Waals surface area contributed by atoms with Crippen LogP contribution in [0.15, 0.2) is 30.5 Å². The van der Waals surface area contributed by atoms with Gasteiger partial charge in [-0.2, -0.15) is 18.3 Å². The average molecular weight is 408 g/mol. The first-order chi connectivity index (χ1) is 13.9. The number of rotatable bonds is 3. The number of amides is 1. The minimum atomic E-state index is -4.48. The second-order valence-corrected chi connectivity index (χ2v) is 7.47. The van der Waals surface area contributed by atoms with E-state index in [0.29, 0.717) is 24.4 Å². The lowest BCUT2D eigenvalue weighted by atomic mass is 9.96. The van der Waals surface area contributed by atoms with Gasteiger partial charge >= 0.3 is 6.18 Å². The van der Waals surface area contributed by atoms with Crippen LogP contribution in [-0.4, -0.2) is 47.0 Å². The molecule has 0 spiro atoms. The third-order valence-corrected chi connectivity index (χ3v) is 5.61. The fraction of sp³-hybridized carbons (Fsp3) is 0.500. The molecule has 156 valence electrons. The molecule has 1 amide bonds. The predicted octanol–water partition coefficient (Wildman–Crippen LogP) is 4.18. The van der Waals surface area contributed by atoms with Gasteiger partial charge in [-0.1, -0.05) is 12.1 Å². The summed E-state index contributed by atoms with van der Waals surface area (Å²) in [5.41, 5.74) is 0.858. The number of nitrogens with one attached hydrogen (secondary N) is 1. The largest absolute Gasteiger partial charge is 0.497 e. The van der Waals surface area contributed by atoms with Crippen LogP contribution in [0.4, 0.5) is 19.0 Å². The number of hydrogen-bond donors (Lipinski definition) is 1. The number of alkyl halides is 3. The Morgan fingerprint density at radius 3 is 2.69 bits per heavy atom. The molecule has 9 heteroatoms. The van der Waals surface area contributed by atoms with Gasteiger partial charge in [-0.15, -0.1) is 0 Å². The minimum Gasteiger partial charge on any atom is -0.497 e. The molecule has 0 bridgehead atoms. The number of fused-ring (bicyclic) bond motifs is 1. The number of hydrogen-bond acceptors (Lipinski definition) is 4. The molecular formula is C20H23F3N4O2. The average Bonchev–Trinajstić information content (AvgIpc) is 3.16. The van der Waals surface area contributed by atoms with E-state index in [4.69, 9.17) is 4.74 Å². The molecule has 0 saturated carbocycles. The molecule has 29 heavy (non-hydrogen) atoms.